The molecule has 18 heavy (non-hydrogen) atoms. The predicted octanol–water partition coefficient (Wildman–Crippen LogP) is 0.585. The first-order valence-electron chi connectivity index (χ1n) is 5.71. The van der Waals surface area contributed by atoms with Gasteiger partial charge in [0.2, 0.25) is 0 Å². The molecule has 0 aromatic heterocycles. The zero-order chi connectivity index (χ0) is 13.8. The van der Waals surface area contributed by atoms with Crippen molar-refractivity contribution in [3.63, 3.8) is 0 Å². The summed E-state index contributed by atoms with van der Waals surface area (Å²) in [6, 6.07) is 0. The summed E-state index contributed by atoms with van der Waals surface area (Å²) in [5.41, 5.74) is -0.563. The number of carbonyl (C=O) groups is 2. The standard InChI is InChI=1S/C11H19NO6/c1-11(2,3)18-10(15)12-4-8-16-5-7(6-17-8)9(13)14/h7-8H,4-6H2,1-3H3,(H,12,15)(H,13,14). The fraction of sp³-hybridized carbons (Fsp3) is 0.818. The van der Waals surface area contributed by atoms with E-state index in [2.05, 4.69) is 5.32 Å². The second-order valence-corrected chi connectivity index (χ2v) is 5.01. The Labute approximate surface area is 105 Å². The fourth-order valence-electron chi connectivity index (χ4n) is 1.28. The maximum absolute atomic E-state index is 11.3. The van der Waals surface area contributed by atoms with Crippen LogP contribution in [0.2, 0.25) is 0 Å². The Morgan fingerprint density at radius 1 is 1.33 bits per heavy atom. The van der Waals surface area contributed by atoms with Crippen molar-refractivity contribution in [2.24, 2.45) is 5.92 Å². The molecule has 0 unspecified atom stereocenters. The summed E-state index contributed by atoms with van der Waals surface area (Å²) in [5, 5.41) is 11.2. The second-order valence-electron chi connectivity index (χ2n) is 5.01. The lowest BCUT2D eigenvalue weighted by Gasteiger charge is -2.27. The van der Waals surface area contributed by atoms with Crippen LogP contribution >= 0.6 is 0 Å². The third kappa shape index (κ3) is 5.33. The van der Waals surface area contributed by atoms with Crippen molar-refractivity contribution in [1.82, 2.24) is 5.32 Å². The molecular formula is C11H19NO6. The highest BCUT2D eigenvalue weighted by Gasteiger charge is 2.27. The Morgan fingerprint density at radius 2 is 1.89 bits per heavy atom. The van der Waals surface area contributed by atoms with E-state index in [4.69, 9.17) is 19.3 Å². The van der Waals surface area contributed by atoms with Crippen molar-refractivity contribution in [2.45, 2.75) is 32.7 Å². The van der Waals surface area contributed by atoms with Gasteiger partial charge in [-0.3, -0.25) is 4.79 Å². The molecule has 0 aromatic carbocycles. The Balaban J connectivity index is 2.22. The van der Waals surface area contributed by atoms with E-state index in [0.717, 1.165) is 0 Å². The summed E-state index contributed by atoms with van der Waals surface area (Å²) in [6.07, 6.45) is -1.19. The first-order valence-corrected chi connectivity index (χ1v) is 5.71. The fourth-order valence-corrected chi connectivity index (χ4v) is 1.28. The highest BCUT2D eigenvalue weighted by Crippen LogP contribution is 2.11. The van der Waals surface area contributed by atoms with Gasteiger partial charge in [0, 0.05) is 0 Å². The molecule has 1 saturated heterocycles. The van der Waals surface area contributed by atoms with E-state index in [0.29, 0.717) is 0 Å². The predicted molar refractivity (Wildman–Crippen MR) is 61.1 cm³/mol. The van der Waals surface area contributed by atoms with Crippen LogP contribution in [0.3, 0.4) is 0 Å². The van der Waals surface area contributed by atoms with Gasteiger partial charge in [0.1, 0.15) is 11.5 Å². The number of rotatable bonds is 3. The zero-order valence-electron chi connectivity index (χ0n) is 10.8. The van der Waals surface area contributed by atoms with E-state index in [1.807, 2.05) is 0 Å². The Kier molecular flexibility index (Phi) is 4.92. The first-order chi connectivity index (χ1) is 8.28. The number of amides is 1. The third-order valence-electron chi connectivity index (χ3n) is 2.13. The molecule has 0 radical (unpaired) electrons. The van der Waals surface area contributed by atoms with Crippen LogP contribution in [0.1, 0.15) is 20.8 Å². The lowest BCUT2D eigenvalue weighted by molar-refractivity contribution is -0.204. The minimum absolute atomic E-state index is 0.0794. The minimum atomic E-state index is -0.950. The molecule has 1 aliphatic heterocycles. The molecule has 1 rings (SSSR count). The summed E-state index contributed by atoms with van der Waals surface area (Å²) in [7, 11) is 0. The van der Waals surface area contributed by atoms with E-state index in [1.165, 1.54) is 0 Å². The summed E-state index contributed by atoms with van der Waals surface area (Å²) in [5.74, 6) is -1.60. The maximum atomic E-state index is 11.3. The van der Waals surface area contributed by atoms with Crippen molar-refractivity contribution in [2.75, 3.05) is 19.8 Å². The number of ether oxygens (including phenoxy) is 3. The number of alkyl carbamates (subject to hydrolysis) is 1. The highest BCUT2D eigenvalue weighted by molar-refractivity contribution is 5.70. The number of hydrogen-bond donors (Lipinski definition) is 2. The van der Waals surface area contributed by atoms with Crippen LogP contribution in [0.4, 0.5) is 4.79 Å². The number of carboxylic acid groups (broad SMARTS) is 1. The monoisotopic (exact) mass is 261 g/mol. The molecule has 2 N–H and O–H groups in total. The molecule has 1 aliphatic rings. The van der Waals surface area contributed by atoms with Gasteiger partial charge in [-0.1, -0.05) is 0 Å². The molecular weight excluding hydrogens is 242 g/mol. The second kappa shape index (κ2) is 6.01. The quantitative estimate of drug-likeness (QED) is 0.772. The van der Waals surface area contributed by atoms with Gasteiger partial charge in [-0.05, 0) is 20.8 Å². The normalized spacial score (nSPS) is 24.4. The van der Waals surface area contributed by atoms with E-state index >= 15 is 0 Å². The van der Waals surface area contributed by atoms with Crippen LogP contribution in [-0.2, 0) is 19.0 Å². The van der Waals surface area contributed by atoms with Crippen LogP contribution in [0.5, 0.6) is 0 Å². The lowest BCUT2D eigenvalue weighted by Crippen LogP contribution is -2.43. The molecule has 0 spiro atoms. The summed E-state index contributed by atoms with van der Waals surface area (Å²) in [6.45, 7) is 5.57. The molecule has 104 valence electrons. The van der Waals surface area contributed by atoms with Crippen LogP contribution in [0.25, 0.3) is 0 Å². The third-order valence-corrected chi connectivity index (χ3v) is 2.13. The van der Waals surface area contributed by atoms with Crippen molar-refractivity contribution >= 4 is 12.1 Å². The molecule has 1 fully saturated rings. The Hall–Kier alpha value is -1.34. The van der Waals surface area contributed by atoms with Crippen LogP contribution in [-0.4, -0.2) is 48.8 Å². The minimum Gasteiger partial charge on any atom is -0.481 e. The van der Waals surface area contributed by atoms with E-state index < -0.39 is 29.9 Å². The smallest absolute Gasteiger partial charge is 0.407 e. The highest BCUT2D eigenvalue weighted by atomic mass is 16.7. The molecule has 7 heteroatoms. The largest absolute Gasteiger partial charge is 0.481 e. The topological polar surface area (TPSA) is 94.1 Å². The van der Waals surface area contributed by atoms with Gasteiger partial charge in [0.25, 0.3) is 0 Å². The van der Waals surface area contributed by atoms with Crippen molar-refractivity contribution < 1.29 is 28.9 Å². The van der Waals surface area contributed by atoms with E-state index in [-0.39, 0.29) is 19.8 Å². The average Bonchev–Trinajstić information content (AvgIpc) is 2.24. The molecule has 1 amide bonds. The number of hydrogen-bond acceptors (Lipinski definition) is 5. The van der Waals surface area contributed by atoms with Gasteiger partial charge >= 0.3 is 12.1 Å². The van der Waals surface area contributed by atoms with Gasteiger partial charge < -0.3 is 24.6 Å². The van der Waals surface area contributed by atoms with Crippen molar-refractivity contribution in [1.29, 1.82) is 0 Å². The Bertz CT molecular complexity index is 303. The summed E-state index contributed by atoms with van der Waals surface area (Å²) in [4.78, 5) is 22.0. The SMILES string of the molecule is CC(C)(C)OC(=O)NCC1OCC(C(=O)O)CO1. The Morgan fingerprint density at radius 3 is 2.33 bits per heavy atom. The van der Waals surface area contributed by atoms with Gasteiger partial charge in [-0.2, -0.15) is 0 Å². The number of nitrogens with one attached hydrogen (secondary N) is 1. The molecule has 7 nitrogen and oxygen atoms in total. The van der Waals surface area contributed by atoms with E-state index in [9.17, 15) is 9.59 Å². The van der Waals surface area contributed by atoms with Gasteiger partial charge in [-0.25, -0.2) is 4.79 Å². The van der Waals surface area contributed by atoms with Crippen molar-refractivity contribution in [3.05, 3.63) is 0 Å². The maximum Gasteiger partial charge on any atom is 0.407 e. The number of carboxylic acids is 1. The van der Waals surface area contributed by atoms with E-state index in [1.54, 1.807) is 20.8 Å². The number of aliphatic carboxylic acids is 1. The average molecular weight is 261 g/mol. The van der Waals surface area contributed by atoms with Crippen LogP contribution in [0.15, 0.2) is 0 Å². The van der Waals surface area contributed by atoms with Crippen molar-refractivity contribution in [3.8, 4) is 0 Å². The molecule has 0 aliphatic carbocycles. The van der Waals surface area contributed by atoms with Gasteiger partial charge in [-0.15, -0.1) is 0 Å². The zero-order valence-corrected chi connectivity index (χ0v) is 10.8. The molecule has 0 saturated carbocycles. The molecule has 0 atom stereocenters. The lowest BCUT2D eigenvalue weighted by atomic mass is 10.2. The van der Waals surface area contributed by atoms with Crippen LogP contribution < -0.4 is 5.32 Å². The molecule has 0 aromatic rings. The first kappa shape index (κ1) is 14.7. The summed E-state index contributed by atoms with van der Waals surface area (Å²) < 4.78 is 15.4. The van der Waals surface area contributed by atoms with Gasteiger partial charge in [0.15, 0.2) is 6.29 Å². The molecule has 0 bridgehead atoms. The van der Waals surface area contributed by atoms with Gasteiger partial charge in [0.05, 0.1) is 19.8 Å². The molecule has 1 heterocycles. The van der Waals surface area contributed by atoms with Crippen LogP contribution in [0, 0.1) is 5.92 Å². The summed E-state index contributed by atoms with van der Waals surface area (Å²) >= 11 is 0. The number of carbonyl (C=O) groups excluding carboxylic acids is 1.